The second-order valence-corrected chi connectivity index (χ2v) is 11.5. The number of aromatic amines is 1. The van der Waals surface area contributed by atoms with Crippen LogP contribution >= 0.6 is 0 Å². The van der Waals surface area contributed by atoms with Crippen molar-refractivity contribution in [2.45, 2.75) is 57.5 Å². The van der Waals surface area contributed by atoms with Crippen LogP contribution < -0.4 is 4.90 Å². The van der Waals surface area contributed by atoms with Gasteiger partial charge in [0, 0.05) is 77.3 Å². The number of anilines is 1. The zero-order valence-corrected chi connectivity index (χ0v) is 21.2. The van der Waals surface area contributed by atoms with Gasteiger partial charge in [-0.2, -0.15) is 0 Å². The second kappa shape index (κ2) is 7.62. The van der Waals surface area contributed by atoms with E-state index in [1.54, 1.807) is 6.92 Å². The molecular formula is C30H32N4O2. The van der Waals surface area contributed by atoms with E-state index in [1.165, 1.54) is 19.3 Å². The van der Waals surface area contributed by atoms with Gasteiger partial charge in [-0.05, 0) is 49.1 Å². The first kappa shape index (κ1) is 22.0. The van der Waals surface area contributed by atoms with E-state index < -0.39 is 5.41 Å². The third kappa shape index (κ3) is 3.16. The topological polar surface area (TPSA) is 68.8 Å². The van der Waals surface area contributed by atoms with Crippen molar-refractivity contribution >= 4 is 34.4 Å². The summed E-state index contributed by atoms with van der Waals surface area (Å²) < 4.78 is 0. The van der Waals surface area contributed by atoms with E-state index >= 15 is 0 Å². The standard InChI is InChI=1S/C30H32N4O2/c1-17(35)21-14-22-23(15-26(21)34-11-9-33(10-12-34)19-5-4-6-19)30(2,3)29-27(28(22)36)20-8-7-18(25-16-31-25)13-24(20)32-29/h7-8,13-16,19,25,32H,4-6,9-12H2,1-3H3. The highest BCUT2D eigenvalue weighted by atomic mass is 16.1. The molecule has 1 saturated carbocycles. The summed E-state index contributed by atoms with van der Waals surface area (Å²) in [5.41, 5.74) is 6.71. The molecule has 1 N–H and O–H groups in total. The van der Waals surface area contributed by atoms with Gasteiger partial charge in [0.1, 0.15) is 6.04 Å². The van der Waals surface area contributed by atoms with Crippen LogP contribution in [0.5, 0.6) is 0 Å². The monoisotopic (exact) mass is 480 g/mol. The minimum absolute atomic E-state index is 0.00449. The first-order valence-corrected chi connectivity index (χ1v) is 13.3. The average Bonchev–Trinajstić information content (AvgIpc) is 3.61. The largest absolute Gasteiger partial charge is 0.368 e. The van der Waals surface area contributed by atoms with Gasteiger partial charge in [-0.15, -0.1) is 0 Å². The van der Waals surface area contributed by atoms with Crippen molar-refractivity contribution in [3.63, 3.8) is 0 Å². The van der Waals surface area contributed by atoms with Crippen LogP contribution in [0.2, 0.25) is 0 Å². The highest BCUT2D eigenvalue weighted by Crippen LogP contribution is 2.46. The van der Waals surface area contributed by atoms with Gasteiger partial charge in [-0.3, -0.25) is 19.5 Å². The molecule has 0 radical (unpaired) electrons. The van der Waals surface area contributed by atoms with Gasteiger partial charge < -0.3 is 9.88 Å². The average molecular weight is 481 g/mol. The zero-order chi connectivity index (χ0) is 24.8. The van der Waals surface area contributed by atoms with Crippen LogP contribution in [0.3, 0.4) is 0 Å². The molecule has 1 unspecified atom stereocenters. The lowest BCUT2D eigenvalue weighted by Gasteiger charge is -2.44. The molecule has 6 nitrogen and oxygen atoms in total. The predicted octanol–water partition coefficient (Wildman–Crippen LogP) is 5.04. The molecule has 2 aromatic carbocycles. The Morgan fingerprint density at radius 3 is 2.47 bits per heavy atom. The molecule has 0 amide bonds. The molecule has 4 aliphatic rings. The number of carbonyl (C=O) groups excluding carboxylic acids is 2. The molecule has 1 atom stereocenters. The molecule has 3 aromatic rings. The molecular weight excluding hydrogens is 448 g/mol. The molecule has 0 bridgehead atoms. The fraction of sp³-hybridized carbons (Fsp3) is 0.433. The molecule has 1 aromatic heterocycles. The number of H-pyrrole nitrogens is 1. The molecule has 3 heterocycles. The molecule has 7 rings (SSSR count). The normalized spacial score (nSPS) is 22.9. The van der Waals surface area contributed by atoms with Crippen LogP contribution in [0.1, 0.15) is 89.2 Å². The van der Waals surface area contributed by atoms with E-state index in [4.69, 9.17) is 0 Å². The van der Waals surface area contributed by atoms with Crippen LogP contribution in [0, 0.1) is 0 Å². The van der Waals surface area contributed by atoms with Crippen LogP contribution in [0.25, 0.3) is 10.9 Å². The number of hydrogen-bond donors (Lipinski definition) is 1. The van der Waals surface area contributed by atoms with Crippen LogP contribution in [0.4, 0.5) is 5.69 Å². The third-order valence-electron chi connectivity index (χ3n) is 8.99. The summed E-state index contributed by atoms with van der Waals surface area (Å²) in [6.45, 7) is 9.86. The van der Waals surface area contributed by atoms with Crippen molar-refractivity contribution < 1.29 is 9.59 Å². The summed E-state index contributed by atoms with van der Waals surface area (Å²) in [7, 11) is 0. The number of piperazine rings is 1. The quantitative estimate of drug-likeness (QED) is 0.531. The minimum Gasteiger partial charge on any atom is -0.368 e. The summed E-state index contributed by atoms with van der Waals surface area (Å²) in [5, 5.41) is 0.943. The Kier molecular flexibility index (Phi) is 4.66. The van der Waals surface area contributed by atoms with Gasteiger partial charge in [0.15, 0.2) is 11.6 Å². The van der Waals surface area contributed by atoms with E-state index in [1.807, 2.05) is 18.3 Å². The fourth-order valence-electron chi connectivity index (χ4n) is 6.50. The number of aromatic nitrogens is 1. The van der Waals surface area contributed by atoms with Crippen molar-refractivity contribution in [2.75, 3.05) is 31.1 Å². The van der Waals surface area contributed by atoms with Gasteiger partial charge in [0.05, 0.1) is 5.56 Å². The molecule has 0 spiro atoms. The number of hydrogen-bond acceptors (Lipinski definition) is 5. The Hall–Kier alpha value is -3.25. The van der Waals surface area contributed by atoms with E-state index in [-0.39, 0.29) is 17.6 Å². The van der Waals surface area contributed by atoms with Crippen molar-refractivity contribution in [3.05, 3.63) is 63.8 Å². The van der Waals surface area contributed by atoms with Crippen molar-refractivity contribution in [1.29, 1.82) is 0 Å². The number of Topliss-reactive ketones (excluding diaryl/α,β-unsaturated/α-hetero) is 1. The second-order valence-electron chi connectivity index (χ2n) is 11.5. The zero-order valence-electron chi connectivity index (χ0n) is 21.2. The van der Waals surface area contributed by atoms with E-state index in [0.717, 1.165) is 71.2 Å². The molecule has 2 aliphatic carbocycles. The van der Waals surface area contributed by atoms with E-state index in [9.17, 15) is 9.59 Å². The van der Waals surface area contributed by atoms with Gasteiger partial charge in [0.25, 0.3) is 0 Å². The van der Waals surface area contributed by atoms with E-state index in [0.29, 0.717) is 11.1 Å². The Labute approximate surface area is 211 Å². The maximum absolute atomic E-state index is 13.9. The fourth-order valence-corrected chi connectivity index (χ4v) is 6.50. The van der Waals surface area contributed by atoms with Crippen LogP contribution in [-0.4, -0.2) is 59.9 Å². The molecule has 2 fully saturated rings. The first-order chi connectivity index (χ1) is 17.3. The number of aliphatic imine (C=N–C) groups is 1. The molecule has 36 heavy (non-hydrogen) atoms. The lowest BCUT2D eigenvalue weighted by Crippen LogP contribution is -2.52. The molecule has 6 heteroatoms. The SMILES string of the molecule is CC(=O)c1cc2c(cc1N1CCN(C3CCC3)CC1)C(C)(C)c1[nH]c3cc(C4C=N4)ccc3c1C2=O. The third-order valence-corrected chi connectivity index (χ3v) is 8.99. The smallest absolute Gasteiger partial charge is 0.195 e. The first-order valence-electron chi connectivity index (χ1n) is 13.3. The van der Waals surface area contributed by atoms with Crippen molar-refractivity contribution in [1.82, 2.24) is 9.88 Å². The lowest BCUT2D eigenvalue weighted by atomic mass is 9.70. The van der Waals surface area contributed by atoms with Gasteiger partial charge in [-0.1, -0.05) is 32.4 Å². The number of benzene rings is 2. The Morgan fingerprint density at radius 2 is 1.83 bits per heavy atom. The number of fused-ring (bicyclic) bond motifs is 4. The predicted molar refractivity (Wildman–Crippen MR) is 143 cm³/mol. The highest BCUT2D eigenvalue weighted by molar-refractivity contribution is 6.21. The summed E-state index contributed by atoms with van der Waals surface area (Å²) in [6.07, 6.45) is 5.91. The maximum atomic E-state index is 13.9. The Bertz CT molecular complexity index is 1460. The highest BCUT2D eigenvalue weighted by Gasteiger charge is 2.41. The van der Waals surface area contributed by atoms with Gasteiger partial charge in [-0.25, -0.2) is 0 Å². The molecule has 2 aliphatic heterocycles. The Balaban J connectivity index is 1.31. The number of ketones is 2. The lowest BCUT2D eigenvalue weighted by molar-refractivity contribution is 0.101. The van der Waals surface area contributed by atoms with Gasteiger partial charge in [0.2, 0.25) is 0 Å². The number of nitrogens with zero attached hydrogens (tertiary/aromatic N) is 3. The minimum atomic E-state index is -0.397. The number of rotatable bonds is 4. The summed E-state index contributed by atoms with van der Waals surface area (Å²) in [6, 6.07) is 11.2. The van der Waals surface area contributed by atoms with Gasteiger partial charge >= 0.3 is 0 Å². The molecule has 1 saturated heterocycles. The van der Waals surface area contributed by atoms with E-state index in [2.05, 4.69) is 51.8 Å². The Morgan fingerprint density at radius 1 is 1.08 bits per heavy atom. The number of carbonyl (C=O) groups is 2. The number of nitrogens with one attached hydrogen (secondary N) is 1. The van der Waals surface area contributed by atoms with Crippen LogP contribution in [-0.2, 0) is 5.41 Å². The summed E-state index contributed by atoms with van der Waals surface area (Å²) in [5.74, 6) is 0.0171. The van der Waals surface area contributed by atoms with Crippen LogP contribution in [0.15, 0.2) is 35.3 Å². The summed E-state index contributed by atoms with van der Waals surface area (Å²) in [4.78, 5) is 39.6. The van der Waals surface area contributed by atoms with Crippen molar-refractivity contribution in [2.24, 2.45) is 4.99 Å². The molecule has 184 valence electrons. The summed E-state index contributed by atoms with van der Waals surface area (Å²) >= 11 is 0. The van der Waals surface area contributed by atoms with Crippen molar-refractivity contribution in [3.8, 4) is 0 Å². The maximum Gasteiger partial charge on any atom is 0.195 e.